The van der Waals surface area contributed by atoms with Crippen LogP contribution in [0.15, 0.2) is 18.6 Å². The molecule has 1 spiro atoms. The quantitative estimate of drug-likeness (QED) is 0.925. The number of likely N-dealkylation sites (tertiary alicyclic amines) is 1. The molecule has 0 aliphatic carbocycles. The molecule has 1 unspecified atom stereocenters. The van der Waals surface area contributed by atoms with Crippen molar-refractivity contribution in [1.82, 2.24) is 19.9 Å². The maximum absolute atomic E-state index is 12.5. The molecule has 2 fully saturated rings. The molecule has 0 saturated carbocycles. The Morgan fingerprint density at radius 2 is 2.17 bits per heavy atom. The van der Waals surface area contributed by atoms with E-state index in [1.54, 1.807) is 13.4 Å². The van der Waals surface area contributed by atoms with E-state index in [0.29, 0.717) is 0 Å². The molecule has 1 N–H and O–H groups in total. The average molecular weight is 329 g/mol. The van der Waals surface area contributed by atoms with Gasteiger partial charge in [0, 0.05) is 32.9 Å². The van der Waals surface area contributed by atoms with Crippen LogP contribution < -0.4 is 4.90 Å². The fraction of sp³-hybridized carbons (Fsp3) is 0.588. The van der Waals surface area contributed by atoms with Gasteiger partial charge in [0.15, 0.2) is 0 Å². The Labute approximate surface area is 141 Å². The Bertz CT molecular complexity index is 745. The van der Waals surface area contributed by atoms with Gasteiger partial charge in [0.2, 0.25) is 5.91 Å². The molecular formula is C17H23N5O2. The van der Waals surface area contributed by atoms with Gasteiger partial charge in [-0.3, -0.25) is 4.79 Å². The molecule has 1 amide bonds. The highest BCUT2D eigenvalue weighted by Gasteiger charge is 2.46. The van der Waals surface area contributed by atoms with Gasteiger partial charge in [0.25, 0.3) is 0 Å². The van der Waals surface area contributed by atoms with Gasteiger partial charge in [-0.2, -0.15) is 0 Å². The molecule has 7 nitrogen and oxygen atoms in total. The predicted octanol–water partition coefficient (Wildman–Crippen LogP) is 1.57. The van der Waals surface area contributed by atoms with E-state index >= 15 is 0 Å². The molecule has 2 aliphatic rings. The molecule has 2 aromatic rings. The fourth-order valence-corrected chi connectivity index (χ4v) is 4.36. The third-order valence-corrected chi connectivity index (χ3v) is 5.35. The number of anilines is 1. The molecule has 24 heavy (non-hydrogen) atoms. The lowest BCUT2D eigenvalue weighted by molar-refractivity contribution is -0.139. The number of nitrogens with one attached hydrogen (secondary N) is 1. The van der Waals surface area contributed by atoms with Gasteiger partial charge in [-0.25, -0.2) is 9.97 Å². The summed E-state index contributed by atoms with van der Waals surface area (Å²) >= 11 is 0. The lowest BCUT2D eigenvalue weighted by Crippen LogP contribution is -2.58. The number of H-pyrrole nitrogens is 1. The number of hydrogen-bond acceptors (Lipinski definition) is 5. The minimum absolute atomic E-state index is 0.0819. The summed E-state index contributed by atoms with van der Waals surface area (Å²) in [6.07, 6.45) is 7.74. The number of nitrogens with zero attached hydrogens (tertiary/aromatic N) is 4. The Morgan fingerprint density at radius 1 is 1.33 bits per heavy atom. The van der Waals surface area contributed by atoms with Crippen molar-refractivity contribution in [2.45, 2.75) is 31.2 Å². The molecule has 0 bridgehead atoms. The van der Waals surface area contributed by atoms with Crippen molar-refractivity contribution in [3.05, 3.63) is 18.6 Å². The number of piperidine rings is 1. The minimum atomic E-state index is -0.0819. The third-order valence-electron chi connectivity index (χ3n) is 5.35. The molecule has 0 aromatic carbocycles. The van der Waals surface area contributed by atoms with Gasteiger partial charge >= 0.3 is 0 Å². The van der Waals surface area contributed by atoms with E-state index in [9.17, 15) is 4.79 Å². The van der Waals surface area contributed by atoms with Crippen molar-refractivity contribution in [3.63, 3.8) is 0 Å². The smallest absolute Gasteiger partial charge is 0.249 e. The number of amides is 1. The van der Waals surface area contributed by atoms with Crippen LogP contribution in [0.3, 0.4) is 0 Å². The number of ether oxygens (including phenoxy) is 1. The van der Waals surface area contributed by atoms with Gasteiger partial charge in [-0.05, 0) is 31.7 Å². The summed E-state index contributed by atoms with van der Waals surface area (Å²) in [5.41, 5.74) is 0.778. The normalized spacial score (nSPS) is 24.2. The maximum atomic E-state index is 12.5. The Kier molecular flexibility index (Phi) is 3.88. The second-order valence-corrected chi connectivity index (χ2v) is 6.77. The minimum Gasteiger partial charge on any atom is -0.375 e. The molecule has 7 heteroatoms. The summed E-state index contributed by atoms with van der Waals surface area (Å²) in [4.78, 5) is 28.8. The zero-order valence-corrected chi connectivity index (χ0v) is 14.0. The molecule has 2 saturated heterocycles. The number of hydrogen-bond donors (Lipinski definition) is 1. The highest BCUT2D eigenvalue weighted by molar-refractivity contribution is 5.87. The number of fused-ring (bicyclic) bond motifs is 1. The summed E-state index contributed by atoms with van der Waals surface area (Å²) in [5, 5.41) is 1.04. The van der Waals surface area contributed by atoms with Crippen LogP contribution in [-0.4, -0.2) is 64.6 Å². The number of rotatable bonds is 3. The monoisotopic (exact) mass is 329 g/mol. The Balaban J connectivity index is 1.63. The lowest BCUT2D eigenvalue weighted by atomic mass is 9.86. The second-order valence-electron chi connectivity index (χ2n) is 6.77. The first kappa shape index (κ1) is 15.4. The van der Waals surface area contributed by atoms with Crippen LogP contribution in [0, 0.1) is 0 Å². The first-order chi connectivity index (χ1) is 11.7. The summed E-state index contributed by atoms with van der Waals surface area (Å²) in [6, 6.07) is 2.02. The number of carbonyl (C=O) groups is 1. The first-order valence-electron chi connectivity index (χ1n) is 8.56. The van der Waals surface area contributed by atoms with Crippen molar-refractivity contribution in [2.24, 2.45) is 0 Å². The molecular weight excluding hydrogens is 306 g/mol. The highest BCUT2D eigenvalue weighted by atomic mass is 16.5. The number of carbonyl (C=O) groups excluding carboxylic acids is 1. The molecule has 4 rings (SSSR count). The van der Waals surface area contributed by atoms with Crippen LogP contribution in [0.2, 0.25) is 0 Å². The topological polar surface area (TPSA) is 74.3 Å². The van der Waals surface area contributed by atoms with Gasteiger partial charge in [-0.1, -0.05) is 0 Å². The summed E-state index contributed by atoms with van der Waals surface area (Å²) in [7, 11) is 1.58. The van der Waals surface area contributed by atoms with E-state index in [1.807, 2.05) is 12.3 Å². The molecule has 0 radical (unpaired) electrons. The first-order valence-corrected chi connectivity index (χ1v) is 8.56. The Morgan fingerprint density at radius 3 is 3.00 bits per heavy atom. The van der Waals surface area contributed by atoms with Crippen molar-refractivity contribution in [2.75, 3.05) is 38.3 Å². The van der Waals surface area contributed by atoms with E-state index in [1.165, 1.54) is 0 Å². The molecule has 2 aliphatic heterocycles. The van der Waals surface area contributed by atoms with E-state index in [0.717, 1.165) is 62.2 Å². The van der Waals surface area contributed by atoms with E-state index in [2.05, 4.69) is 24.8 Å². The zero-order chi connectivity index (χ0) is 16.6. The van der Waals surface area contributed by atoms with E-state index < -0.39 is 0 Å². The second kappa shape index (κ2) is 6.05. The fourth-order valence-electron chi connectivity index (χ4n) is 4.36. The molecule has 1 atom stereocenters. The summed E-state index contributed by atoms with van der Waals surface area (Å²) in [6.45, 7) is 2.79. The molecule has 128 valence electrons. The van der Waals surface area contributed by atoms with Gasteiger partial charge < -0.3 is 19.5 Å². The standard InChI is InChI=1S/C17H23N5O2/c1-24-10-14(23)22-9-3-6-17(22)5-2-8-21(11-17)16-13-4-7-18-15(13)19-12-20-16/h4,7,12H,2-3,5-6,8-11H2,1H3,(H,18,19,20). The molecule has 4 heterocycles. The van der Waals surface area contributed by atoms with Gasteiger partial charge in [0.1, 0.15) is 24.4 Å². The third kappa shape index (κ3) is 2.43. The van der Waals surface area contributed by atoms with Crippen LogP contribution in [0.4, 0.5) is 5.82 Å². The average Bonchev–Trinajstić information content (AvgIpc) is 3.22. The van der Waals surface area contributed by atoms with Gasteiger partial charge in [-0.15, -0.1) is 0 Å². The summed E-state index contributed by atoms with van der Waals surface area (Å²) < 4.78 is 5.08. The predicted molar refractivity (Wildman–Crippen MR) is 90.9 cm³/mol. The number of methoxy groups -OCH3 is 1. The SMILES string of the molecule is COCC(=O)N1CCCC12CCCN(c1ncnc3[nH]ccc13)C2. The zero-order valence-electron chi connectivity index (χ0n) is 14.0. The van der Waals surface area contributed by atoms with Crippen LogP contribution in [0.5, 0.6) is 0 Å². The van der Waals surface area contributed by atoms with Crippen molar-refractivity contribution in [3.8, 4) is 0 Å². The van der Waals surface area contributed by atoms with Gasteiger partial charge in [0.05, 0.1) is 10.9 Å². The summed E-state index contributed by atoms with van der Waals surface area (Å²) in [5.74, 6) is 1.07. The van der Waals surface area contributed by atoms with Crippen molar-refractivity contribution in [1.29, 1.82) is 0 Å². The number of aromatic nitrogens is 3. The van der Waals surface area contributed by atoms with E-state index in [4.69, 9.17) is 4.74 Å². The van der Waals surface area contributed by atoms with E-state index in [-0.39, 0.29) is 18.1 Å². The van der Waals surface area contributed by atoms with Crippen molar-refractivity contribution < 1.29 is 9.53 Å². The Hall–Kier alpha value is -2.15. The van der Waals surface area contributed by atoms with Crippen molar-refractivity contribution >= 4 is 22.8 Å². The highest BCUT2D eigenvalue weighted by Crippen LogP contribution is 2.39. The van der Waals surface area contributed by atoms with Crippen LogP contribution in [-0.2, 0) is 9.53 Å². The lowest BCUT2D eigenvalue weighted by Gasteiger charge is -2.46. The van der Waals surface area contributed by atoms with Crippen LogP contribution >= 0.6 is 0 Å². The largest absolute Gasteiger partial charge is 0.375 e. The van der Waals surface area contributed by atoms with Crippen LogP contribution in [0.1, 0.15) is 25.7 Å². The van der Waals surface area contributed by atoms with Crippen LogP contribution in [0.25, 0.3) is 11.0 Å². The number of aromatic amines is 1. The molecule has 2 aromatic heterocycles. The maximum Gasteiger partial charge on any atom is 0.249 e.